The third kappa shape index (κ3) is 1.49. The van der Waals surface area contributed by atoms with Gasteiger partial charge in [0.15, 0.2) is 0 Å². The largest absolute Gasteiger partial charge is 0.297 e. The Morgan fingerprint density at radius 3 is 1.83 bits per heavy atom. The van der Waals surface area contributed by atoms with Crippen LogP contribution in [0.5, 0.6) is 0 Å². The van der Waals surface area contributed by atoms with E-state index < -0.39 is 5.67 Å². The lowest BCUT2D eigenvalue weighted by atomic mass is 9.81. The Balaban J connectivity index is 2.74. The van der Waals surface area contributed by atoms with Crippen LogP contribution < -0.4 is 0 Å². The molecule has 1 rings (SSSR count). The van der Waals surface area contributed by atoms with Crippen LogP contribution in [0.4, 0.5) is 4.39 Å². The molecule has 0 amide bonds. The average molecular weight is 173 g/mol. The quantitative estimate of drug-likeness (QED) is 0.589. The molecule has 1 heterocycles. The lowest BCUT2D eigenvalue weighted by molar-refractivity contribution is 0.0864. The topological polar surface area (TPSA) is 3.24 Å². The van der Waals surface area contributed by atoms with E-state index in [0.29, 0.717) is 12.6 Å². The van der Waals surface area contributed by atoms with Crippen molar-refractivity contribution in [1.29, 1.82) is 0 Å². The Morgan fingerprint density at radius 2 is 1.67 bits per heavy atom. The van der Waals surface area contributed by atoms with Crippen molar-refractivity contribution in [3.63, 3.8) is 0 Å². The summed E-state index contributed by atoms with van der Waals surface area (Å²) in [7, 11) is 0. The SMILES string of the molecule is CC(C)N1CC(C)(C)C(C)(F)C1. The van der Waals surface area contributed by atoms with Gasteiger partial charge >= 0.3 is 0 Å². The molecule has 0 bridgehead atoms. The summed E-state index contributed by atoms with van der Waals surface area (Å²) in [5.74, 6) is 0. The molecule has 0 N–H and O–H groups in total. The first kappa shape index (κ1) is 9.97. The Hall–Kier alpha value is -0.110. The van der Waals surface area contributed by atoms with Gasteiger partial charge in [-0.05, 0) is 20.8 Å². The van der Waals surface area contributed by atoms with Crippen LogP contribution in [0.1, 0.15) is 34.6 Å². The van der Waals surface area contributed by atoms with Gasteiger partial charge in [0.05, 0.1) is 0 Å². The first-order valence-corrected chi connectivity index (χ1v) is 4.69. The number of halogens is 1. The number of hydrogen-bond acceptors (Lipinski definition) is 1. The van der Waals surface area contributed by atoms with E-state index in [1.165, 1.54) is 0 Å². The fourth-order valence-electron chi connectivity index (χ4n) is 1.69. The molecule has 0 aromatic heterocycles. The van der Waals surface area contributed by atoms with E-state index in [2.05, 4.69) is 18.7 Å². The van der Waals surface area contributed by atoms with E-state index in [-0.39, 0.29) is 5.41 Å². The highest BCUT2D eigenvalue weighted by Gasteiger charge is 2.49. The summed E-state index contributed by atoms with van der Waals surface area (Å²) < 4.78 is 14.0. The minimum atomic E-state index is -1.03. The van der Waals surface area contributed by atoms with Gasteiger partial charge < -0.3 is 0 Å². The molecular formula is C10H20FN. The molecule has 1 nitrogen and oxygen atoms in total. The maximum Gasteiger partial charge on any atom is 0.127 e. The van der Waals surface area contributed by atoms with Gasteiger partial charge in [-0.3, -0.25) is 4.90 Å². The second-order valence-electron chi connectivity index (χ2n) is 5.08. The van der Waals surface area contributed by atoms with Crippen molar-refractivity contribution in [2.45, 2.75) is 46.3 Å². The summed E-state index contributed by atoms with van der Waals surface area (Å²) in [4.78, 5) is 2.21. The third-order valence-corrected chi connectivity index (χ3v) is 3.24. The molecule has 0 aromatic rings. The zero-order valence-electron chi connectivity index (χ0n) is 8.82. The summed E-state index contributed by atoms with van der Waals surface area (Å²) in [5, 5.41) is 0. The summed E-state index contributed by atoms with van der Waals surface area (Å²) >= 11 is 0. The van der Waals surface area contributed by atoms with Crippen LogP contribution >= 0.6 is 0 Å². The van der Waals surface area contributed by atoms with Gasteiger partial charge in [-0.15, -0.1) is 0 Å². The Bertz CT molecular complexity index is 157. The van der Waals surface area contributed by atoms with E-state index in [0.717, 1.165) is 6.54 Å². The first-order valence-electron chi connectivity index (χ1n) is 4.69. The Kier molecular flexibility index (Phi) is 2.24. The van der Waals surface area contributed by atoms with E-state index in [4.69, 9.17) is 0 Å². The molecule has 1 saturated heterocycles. The van der Waals surface area contributed by atoms with Gasteiger partial charge in [0, 0.05) is 24.5 Å². The highest BCUT2D eigenvalue weighted by Crippen LogP contribution is 2.41. The highest BCUT2D eigenvalue weighted by atomic mass is 19.1. The molecule has 0 saturated carbocycles. The van der Waals surface area contributed by atoms with Gasteiger partial charge in [-0.25, -0.2) is 4.39 Å². The van der Waals surface area contributed by atoms with Gasteiger partial charge in [0.25, 0.3) is 0 Å². The van der Waals surface area contributed by atoms with Gasteiger partial charge in [0.2, 0.25) is 0 Å². The van der Waals surface area contributed by atoms with Crippen LogP contribution in [0.15, 0.2) is 0 Å². The zero-order chi connectivity index (χ0) is 9.57. The van der Waals surface area contributed by atoms with Crippen molar-refractivity contribution >= 4 is 0 Å². The fourth-order valence-corrected chi connectivity index (χ4v) is 1.69. The predicted molar refractivity (Wildman–Crippen MR) is 50.0 cm³/mol. The first-order chi connectivity index (χ1) is 5.26. The van der Waals surface area contributed by atoms with Crippen molar-refractivity contribution < 1.29 is 4.39 Å². The second kappa shape index (κ2) is 2.69. The second-order valence-corrected chi connectivity index (χ2v) is 5.08. The number of alkyl halides is 1. The van der Waals surface area contributed by atoms with Crippen molar-refractivity contribution in [2.75, 3.05) is 13.1 Å². The summed E-state index contributed by atoms with van der Waals surface area (Å²) in [6.45, 7) is 11.4. The minimum absolute atomic E-state index is 0.197. The fraction of sp³-hybridized carbons (Fsp3) is 1.00. The molecule has 72 valence electrons. The molecule has 1 atom stereocenters. The molecule has 0 radical (unpaired) electrons. The Morgan fingerprint density at radius 1 is 1.17 bits per heavy atom. The zero-order valence-corrected chi connectivity index (χ0v) is 8.82. The van der Waals surface area contributed by atoms with Crippen molar-refractivity contribution in [3.05, 3.63) is 0 Å². The standard InChI is InChI=1S/C10H20FN/c1-8(2)12-6-9(3,4)10(5,11)7-12/h8H,6-7H2,1-5H3. The number of nitrogens with zero attached hydrogens (tertiary/aromatic N) is 1. The van der Waals surface area contributed by atoms with E-state index in [9.17, 15) is 4.39 Å². The van der Waals surface area contributed by atoms with Crippen LogP contribution in [0.2, 0.25) is 0 Å². The maximum atomic E-state index is 14.0. The van der Waals surface area contributed by atoms with Crippen LogP contribution in [-0.4, -0.2) is 29.7 Å². The van der Waals surface area contributed by atoms with Crippen molar-refractivity contribution in [1.82, 2.24) is 4.90 Å². The van der Waals surface area contributed by atoms with Crippen LogP contribution in [0.25, 0.3) is 0 Å². The molecule has 0 spiro atoms. The average Bonchev–Trinajstić information content (AvgIpc) is 2.03. The smallest absolute Gasteiger partial charge is 0.127 e. The summed E-state index contributed by atoms with van der Waals surface area (Å²) in [6, 6.07) is 0.460. The molecular weight excluding hydrogens is 153 g/mol. The molecule has 12 heavy (non-hydrogen) atoms. The summed E-state index contributed by atoms with van der Waals surface area (Å²) in [5.41, 5.74) is -1.23. The van der Waals surface area contributed by atoms with Crippen molar-refractivity contribution in [3.8, 4) is 0 Å². The van der Waals surface area contributed by atoms with E-state index in [1.54, 1.807) is 6.92 Å². The minimum Gasteiger partial charge on any atom is -0.297 e. The molecule has 0 aliphatic carbocycles. The van der Waals surface area contributed by atoms with Crippen molar-refractivity contribution in [2.24, 2.45) is 5.41 Å². The van der Waals surface area contributed by atoms with Gasteiger partial charge in [0.1, 0.15) is 5.67 Å². The molecule has 1 fully saturated rings. The normalized spacial score (nSPS) is 36.2. The molecule has 1 aliphatic rings. The number of likely N-dealkylation sites (tertiary alicyclic amines) is 1. The van der Waals surface area contributed by atoms with Gasteiger partial charge in [-0.1, -0.05) is 13.8 Å². The Labute approximate surface area is 74.9 Å². The molecule has 2 heteroatoms. The third-order valence-electron chi connectivity index (χ3n) is 3.24. The summed E-state index contributed by atoms with van der Waals surface area (Å²) in [6.07, 6.45) is 0. The van der Waals surface area contributed by atoms with Crippen LogP contribution in [0, 0.1) is 5.41 Å². The van der Waals surface area contributed by atoms with Crippen LogP contribution in [0.3, 0.4) is 0 Å². The van der Waals surface area contributed by atoms with Gasteiger partial charge in [-0.2, -0.15) is 0 Å². The monoisotopic (exact) mass is 173 g/mol. The molecule has 1 aliphatic heterocycles. The maximum absolute atomic E-state index is 14.0. The number of rotatable bonds is 1. The van der Waals surface area contributed by atoms with E-state index >= 15 is 0 Å². The van der Waals surface area contributed by atoms with E-state index in [1.807, 2.05) is 13.8 Å². The van der Waals surface area contributed by atoms with Crippen LogP contribution in [-0.2, 0) is 0 Å². The lowest BCUT2D eigenvalue weighted by Crippen LogP contribution is -2.35. The molecule has 1 unspecified atom stereocenters. The molecule has 0 aromatic carbocycles. The highest BCUT2D eigenvalue weighted by molar-refractivity contribution is 5.01. The lowest BCUT2D eigenvalue weighted by Gasteiger charge is -2.28. The number of hydrogen-bond donors (Lipinski definition) is 0. The predicted octanol–water partition coefficient (Wildman–Crippen LogP) is 2.46.